The second-order valence-corrected chi connectivity index (χ2v) is 5.60. The number of nitro benzene ring substituents is 1. The highest BCUT2D eigenvalue weighted by Crippen LogP contribution is 2.26. The van der Waals surface area contributed by atoms with Crippen molar-refractivity contribution in [3.63, 3.8) is 0 Å². The maximum atomic E-state index is 12.0. The van der Waals surface area contributed by atoms with Crippen LogP contribution in [0.5, 0.6) is 0 Å². The number of carbonyl (C=O) groups excluding carboxylic acids is 1. The zero-order chi connectivity index (χ0) is 17.9. The molecule has 0 bridgehead atoms. The van der Waals surface area contributed by atoms with Gasteiger partial charge in [0.15, 0.2) is 5.11 Å². The quantitative estimate of drug-likeness (QED) is 0.434. The molecule has 3 N–H and O–H groups in total. The van der Waals surface area contributed by atoms with E-state index in [4.69, 9.17) is 28.2 Å². The summed E-state index contributed by atoms with van der Waals surface area (Å²) in [5.41, 5.74) is 5.37. The Bertz CT molecular complexity index is 821. The minimum absolute atomic E-state index is 0.0172. The molecule has 0 aliphatic rings. The fourth-order valence-corrected chi connectivity index (χ4v) is 2.24. The van der Waals surface area contributed by atoms with Crippen molar-refractivity contribution < 1.29 is 14.1 Å². The first-order chi connectivity index (χ1) is 11.3. The van der Waals surface area contributed by atoms with Crippen LogP contribution in [0.25, 0.3) is 0 Å². The van der Waals surface area contributed by atoms with E-state index in [1.807, 2.05) is 0 Å². The molecule has 0 saturated carbocycles. The van der Waals surface area contributed by atoms with E-state index in [-0.39, 0.29) is 21.5 Å². The number of hydrogen-bond donors (Lipinski definition) is 3. The largest absolute Gasteiger partial charge is 0.466 e. The van der Waals surface area contributed by atoms with Crippen LogP contribution in [0.4, 0.5) is 11.4 Å². The number of halogens is 1. The summed E-state index contributed by atoms with van der Waals surface area (Å²) in [4.78, 5) is 22.2. The molecule has 10 heteroatoms. The van der Waals surface area contributed by atoms with Gasteiger partial charge in [-0.2, -0.15) is 0 Å². The van der Waals surface area contributed by atoms with Gasteiger partial charge in [-0.15, -0.1) is 0 Å². The van der Waals surface area contributed by atoms with Crippen LogP contribution in [0.1, 0.15) is 21.9 Å². The van der Waals surface area contributed by atoms with Crippen LogP contribution in [0.3, 0.4) is 0 Å². The molecule has 1 amide bonds. The van der Waals surface area contributed by atoms with Gasteiger partial charge < -0.3 is 9.73 Å². The lowest BCUT2D eigenvalue weighted by Gasteiger charge is -2.12. The number of hydrazine groups is 1. The van der Waals surface area contributed by atoms with Gasteiger partial charge in [-0.1, -0.05) is 11.6 Å². The molecule has 0 unspecified atom stereocenters. The molecule has 0 radical (unpaired) electrons. The predicted molar refractivity (Wildman–Crippen MR) is 93.1 cm³/mol. The average molecular weight is 369 g/mol. The molecular weight excluding hydrogens is 356 g/mol. The van der Waals surface area contributed by atoms with Gasteiger partial charge in [0.2, 0.25) is 0 Å². The summed E-state index contributed by atoms with van der Waals surface area (Å²) in [5.74, 6) is 0.660. The second-order valence-electron chi connectivity index (χ2n) is 4.78. The molecule has 0 atom stereocenters. The standard InChI is InChI=1S/C14H13ClN4O4S/c1-7-5-10(8(2)23-7)13(20)17-18-14(24)16-12-6-9(19(21)22)3-4-11(12)15/h3-6H,1-2H3,(H,17,20)(H2,16,18,24). The molecule has 0 spiro atoms. The van der Waals surface area contributed by atoms with Gasteiger partial charge in [-0.25, -0.2) is 0 Å². The van der Waals surface area contributed by atoms with Crippen molar-refractivity contribution in [2.45, 2.75) is 13.8 Å². The van der Waals surface area contributed by atoms with Crippen molar-refractivity contribution in [2.75, 3.05) is 5.32 Å². The van der Waals surface area contributed by atoms with Crippen LogP contribution < -0.4 is 16.2 Å². The number of anilines is 1. The van der Waals surface area contributed by atoms with Gasteiger partial charge >= 0.3 is 0 Å². The van der Waals surface area contributed by atoms with E-state index in [0.29, 0.717) is 17.1 Å². The summed E-state index contributed by atoms with van der Waals surface area (Å²) in [7, 11) is 0. The third kappa shape index (κ3) is 4.21. The molecule has 1 heterocycles. The zero-order valence-electron chi connectivity index (χ0n) is 12.7. The summed E-state index contributed by atoms with van der Waals surface area (Å²) in [6.45, 7) is 3.40. The summed E-state index contributed by atoms with van der Waals surface area (Å²) >= 11 is 11.0. The third-order valence-electron chi connectivity index (χ3n) is 2.98. The molecule has 1 aromatic carbocycles. The zero-order valence-corrected chi connectivity index (χ0v) is 14.2. The number of hydrogen-bond acceptors (Lipinski definition) is 5. The Labute approximate surface area is 147 Å². The molecule has 2 aromatic rings. The molecule has 126 valence electrons. The smallest absolute Gasteiger partial charge is 0.273 e. The van der Waals surface area contributed by atoms with Crippen LogP contribution in [-0.4, -0.2) is 15.9 Å². The minimum atomic E-state index is -0.552. The molecule has 2 rings (SSSR count). The molecule has 0 fully saturated rings. The average Bonchev–Trinajstić information content (AvgIpc) is 2.85. The van der Waals surface area contributed by atoms with E-state index in [1.54, 1.807) is 19.9 Å². The highest BCUT2D eigenvalue weighted by molar-refractivity contribution is 7.80. The fraction of sp³-hybridized carbons (Fsp3) is 0.143. The first-order valence-electron chi connectivity index (χ1n) is 6.66. The number of nitrogens with one attached hydrogen (secondary N) is 3. The predicted octanol–water partition coefficient (Wildman–Crippen LogP) is 3.09. The molecule has 0 aliphatic carbocycles. The maximum Gasteiger partial charge on any atom is 0.273 e. The van der Waals surface area contributed by atoms with Gasteiger partial charge in [-0.05, 0) is 38.2 Å². The van der Waals surface area contributed by atoms with Crippen molar-refractivity contribution in [1.82, 2.24) is 10.9 Å². The van der Waals surface area contributed by atoms with Crippen LogP contribution >= 0.6 is 23.8 Å². The van der Waals surface area contributed by atoms with Gasteiger partial charge in [0, 0.05) is 12.1 Å². The molecule has 8 nitrogen and oxygen atoms in total. The number of thiocarbonyl (C=S) groups is 1. The van der Waals surface area contributed by atoms with Gasteiger partial charge in [-0.3, -0.25) is 25.8 Å². The summed E-state index contributed by atoms with van der Waals surface area (Å²) in [6, 6.07) is 5.48. The van der Waals surface area contributed by atoms with Crippen LogP contribution in [0.2, 0.25) is 5.02 Å². The summed E-state index contributed by atoms with van der Waals surface area (Å²) in [5, 5.41) is 13.7. The molecule has 0 aliphatic heterocycles. The molecule has 24 heavy (non-hydrogen) atoms. The first kappa shape index (κ1) is 17.7. The van der Waals surface area contributed by atoms with Gasteiger partial charge in [0.05, 0.1) is 21.2 Å². The van der Waals surface area contributed by atoms with Gasteiger partial charge in [0.25, 0.3) is 11.6 Å². The lowest BCUT2D eigenvalue weighted by molar-refractivity contribution is -0.384. The van der Waals surface area contributed by atoms with E-state index in [1.165, 1.54) is 18.2 Å². The van der Waals surface area contributed by atoms with Crippen molar-refractivity contribution in [3.05, 3.63) is 56.5 Å². The minimum Gasteiger partial charge on any atom is -0.466 e. The molecular formula is C14H13ClN4O4S. The topological polar surface area (TPSA) is 109 Å². The van der Waals surface area contributed by atoms with E-state index in [9.17, 15) is 14.9 Å². The monoisotopic (exact) mass is 368 g/mol. The van der Waals surface area contributed by atoms with Crippen LogP contribution in [-0.2, 0) is 0 Å². The van der Waals surface area contributed by atoms with Crippen molar-refractivity contribution in [3.8, 4) is 0 Å². The third-order valence-corrected chi connectivity index (χ3v) is 3.52. The van der Waals surface area contributed by atoms with E-state index < -0.39 is 10.8 Å². The van der Waals surface area contributed by atoms with Crippen molar-refractivity contribution >= 4 is 46.2 Å². The van der Waals surface area contributed by atoms with E-state index in [2.05, 4.69) is 16.2 Å². The van der Waals surface area contributed by atoms with Gasteiger partial charge in [0.1, 0.15) is 11.5 Å². The van der Waals surface area contributed by atoms with E-state index in [0.717, 1.165) is 0 Å². The molecule has 1 aromatic heterocycles. The number of rotatable bonds is 3. The Hall–Kier alpha value is -2.65. The summed E-state index contributed by atoms with van der Waals surface area (Å²) in [6.07, 6.45) is 0. The fourth-order valence-electron chi connectivity index (χ4n) is 1.91. The van der Waals surface area contributed by atoms with Crippen molar-refractivity contribution in [2.24, 2.45) is 0 Å². The van der Waals surface area contributed by atoms with Crippen molar-refractivity contribution in [1.29, 1.82) is 0 Å². The number of amides is 1. The Balaban J connectivity index is 1.99. The Morgan fingerprint density at radius 1 is 1.29 bits per heavy atom. The number of nitro groups is 1. The van der Waals surface area contributed by atoms with Crippen LogP contribution in [0, 0.1) is 24.0 Å². The second kappa shape index (κ2) is 7.28. The number of carbonyl (C=O) groups is 1. The highest BCUT2D eigenvalue weighted by atomic mass is 35.5. The lowest BCUT2D eigenvalue weighted by atomic mass is 10.2. The number of furan rings is 1. The number of aryl methyl sites for hydroxylation is 2. The number of non-ortho nitro benzene ring substituents is 1. The Morgan fingerprint density at radius 2 is 2.00 bits per heavy atom. The maximum absolute atomic E-state index is 12.0. The Morgan fingerprint density at radius 3 is 2.58 bits per heavy atom. The number of benzene rings is 1. The first-order valence-corrected chi connectivity index (χ1v) is 7.45. The van der Waals surface area contributed by atoms with Crippen LogP contribution in [0.15, 0.2) is 28.7 Å². The van der Waals surface area contributed by atoms with E-state index >= 15 is 0 Å². The Kier molecular flexibility index (Phi) is 5.37. The highest BCUT2D eigenvalue weighted by Gasteiger charge is 2.14. The molecule has 0 saturated heterocycles. The summed E-state index contributed by atoms with van der Waals surface area (Å²) < 4.78 is 5.27. The normalized spacial score (nSPS) is 10.1. The number of nitrogens with zero attached hydrogens (tertiary/aromatic N) is 1. The SMILES string of the molecule is Cc1cc(C(=O)NNC(=S)Nc2cc([N+](=O)[O-])ccc2Cl)c(C)o1. The lowest BCUT2D eigenvalue weighted by Crippen LogP contribution is -2.43.